The topological polar surface area (TPSA) is 32.9 Å². The summed E-state index contributed by atoms with van der Waals surface area (Å²) in [5.74, 6) is -0.406. The summed E-state index contributed by atoms with van der Waals surface area (Å²) < 4.78 is 14.3. The number of benzene rings is 1. The standard InChI is InChI=1S/C12H11BrFNO/c1-3-10-6(2)12(16)8-4-7(13)5-9(14)11(8)15-10/h4-5H,3H2,1-2H3,(H,15,16). The third-order valence-electron chi connectivity index (χ3n) is 2.72. The summed E-state index contributed by atoms with van der Waals surface area (Å²) >= 11 is 3.18. The van der Waals surface area contributed by atoms with E-state index in [9.17, 15) is 9.18 Å². The summed E-state index contributed by atoms with van der Waals surface area (Å²) in [6.07, 6.45) is 0.687. The zero-order valence-corrected chi connectivity index (χ0v) is 10.6. The Morgan fingerprint density at radius 1 is 1.44 bits per heavy atom. The number of H-pyrrole nitrogens is 1. The molecule has 16 heavy (non-hydrogen) atoms. The van der Waals surface area contributed by atoms with Crippen LogP contribution in [0.1, 0.15) is 18.2 Å². The van der Waals surface area contributed by atoms with Crippen LogP contribution in [0.2, 0.25) is 0 Å². The van der Waals surface area contributed by atoms with Crippen LogP contribution in [0.3, 0.4) is 0 Å². The lowest BCUT2D eigenvalue weighted by Crippen LogP contribution is -2.12. The summed E-state index contributed by atoms with van der Waals surface area (Å²) in [4.78, 5) is 15.0. The van der Waals surface area contributed by atoms with Crippen LogP contribution < -0.4 is 5.43 Å². The lowest BCUT2D eigenvalue weighted by Gasteiger charge is -2.07. The molecule has 0 atom stereocenters. The van der Waals surface area contributed by atoms with Crippen LogP contribution in [-0.4, -0.2) is 4.98 Å². The number of fused-ring (bicyclic) bond motifs is 1. The molecule has 0 radical (unpaired) electrons. The second kappa shape index (κ2) is 4.01. The van der Waals surface area contributed by atoms with Gasteiger partial charge in [-0.25, -0.2) is 4.39 Å². The van der Waals surface area contributed by atoms with Crippen molar-refractivity contribution >= 4 is 26.8 Å². The van der Waals surface area contributed by atoms with Gasteiger partial charge in [0.25, 0.3) is 0 Å². The highest BCUT2D eigenvalue weighted by Crippen LogP contribution is 2.20. The van der Waals surface area contributed by atoms with Gasteiger partial charge in [0.2, 0.25) is 0 Å². The quantitative estimate of drug-likeness (QED) is 0.856. The number of nitrogens with one attached hydrogen (secondary N) is 1. The molecule has 4 heteroatoms. The highest BCUT2D eigenvalue weighted by atomic mass is 79.9. The van der Waals surface area contributed by atoms with Crippen molar-refractivity contribution in [3.63, 3.8) is 0 Å². The van der Waals surface area contributed by atoms with Gasteiger partial charge in [-0.2, -0.15) is 0 Å². The maximum absolute atomic E-state index is 13.7. The molecular weight excluding hydrogens is 273 g/mol. The lowest BCUT2D eigenvalue weighted by atomic mass is 10.1. The van der Waals surface area contributed by atoms with Crippen molar-refractivity contribution < 1.29 is 4.39 Å². The minimum Gasteiger partial charge on any atom is -0.356 e. The van der Waals surface area contributed by atoms with Crippen molar-refractivity contribution in [2.75, 3.05) is 0 Å². The number of pyridine rings is 1. The molecule has 0 bridgehead atoms. The number of aromatic amines is 1. The first-order valence-electron chi connectivity index (χ1n) is 5.05. The molecule has 0 amide bonds. The number of hydrogen-bond acceptors (Lipinski definition) is 1. The van der Waals surface area contributed by atoms with Crippen LogP contribution in [0.5, 0.6) is 0 Å². The van der Waals surface area contributed by atoms with Gasteiger partial charge in [0, 0.05) is 21.1 Å². The van der Waals surface area contributed by atoms with E-state index in [0.717, 1.165) is 5.69 Å². The van der Waals surface area contributed by atoms with Gasteiger partial charge < -0.3 is 4.98 Å². The Balaban J connectivity index is 2.99. The molecule has 1 aromatic heterocycles. The molecule has 0 fully saturated rings. The highest BCUT2D eigenvalue weighted by molar-refractivity contribution is 9.10. The van der Waals surface area contributed by atoms with Crippen LogP contribution in [0.25, 0.3) is 10.9 Å². The van der Waals surface area contributed by atoms with Crippen LogP contribution in [0.15, 0.2) is 21.4 Å². The summed E-state index contributed by atoms with van der Waals surface area (Å²) in [5, 5.41) is 0.390. The molecule has 0 aliphatic heterocycles. The molecule has 1 aromatic carbocycles. The van der Waals surface area contributed by atoms with Crippen molar-refractivity contribution in [1.29, 1.82) is 0 Å². The van der Waals surface area contributed by atoms with E-state index >= 15 is 0 Å². The van der Waals surface area contributed by atoms with Crippen molar-refractivity contribution in [3.05, 3.63) is 43.9 Å². The van der Waals surface area contributed by atoms with Crippen molar-refractivity contribution in [1.82, 2.24) is 4.98 Å². The van der Waals surface area contributed by atoms with Gasteiger partial charge in [-0.1, -0.05) is 22.9 Å². The van der Waals surface area contributed by atoms with E-state index in [4.69, 9.17) is 0 Å². The fraction of sp³-hybridized carbons (Fsp3) is 0.250. The largest absolute Gasteiger partial charge is 0.356 e. The molecule has 0 aliphatic rings. The van der Waals surface area contributed by atoms with Crippen molar-refractivity contribution in [3.8, 4) is 0 Å². The lowest BCUT2D eigenvalue weighted by molar-refractivity contribution is 0.635. The Morgan fingerprint density at radius 3 is 2.75 bits per heavy atom. The molecule has 1 heterocycles. The van der Waals surface area contributed by atoms with Gasteiger partial charge in [0.05, 0.1) is 5.52 Å². The maximum atomic E-state index is 13.7. The Bertz CT molecular complexity index is 618. The van der Waals surface area contributed by atoms with Crippen molar-refractivity contribution in [2.45, 2.75) is 20.3 Å². The number of hydrogen-bond donors (Lipinski definition) is 1. The van der Waals surface area contributed by atoms with E-state index in [1.807, 2.05) is 6.92 Å². The van der Waals surface area contributed by atoms with E-state index < -0.39 is 5.82 Å². The monoisotopic (exact) mass is 283 g/mol. The Labute approximate surface area is 101 Å². The molecular formula is C12H11BrFNO. The number of aromatic nitrogens is 1. The van der Waals surface area contributed by atoms with E-state index in [-0.39, 0.29) is 10.9 Å². The molecule has 84 valence electrons. The zero-order chi connectivity index (χ0) is 11.9. The molecule has 2 rings (SSSR count). The second-order valence-electron chi connectivity index (χ2n) is 3.72. The molecule has 0 unspecified atom stereocenters. The summed E-state index contributed by atoms with van der Waals surface area (Å²) in [6, 6.07) is 3.00. The zero-order valence-electron chi connectivity index (χ0n) is 9.03. The average Bonchev–Trinajstić information content (AvgIpc) is 2.24. The number of aryl methyl sites for hydroxylation is 1. The Kier molecular flexibility index (Phi) is 2.84. The van der Waals surface area contributed by atoms with Gasteiger partial charge in [0.1, 0.15) is 5.82 Å². The van der Waals surface area contributed by atoms with Crippen molar-refractivity contribution in [2.24, 2.45) is 0 Å². The maximum Gasteiger partial charge on any atom is 0.192 e. The highest BCUT2D eigenvalue weighted by Gasteiger charge is 2.11. The predicted octanol–water partition coefficient (Wildman–Crippen LogP) is 3.30. The van der Waals surface area contributed by atoms with Gasteiger partial charge >= 0.3 is 0 Å². The molecule has 0 aliphatic carbocycles. The van der Waals surface area contributed by atoms with Gasteiger partial charge in [0.15, 0.2) is 5.43 Å². The molecule has 0 saturated carbocycles. The normalized spacial score (nSPS) is 11.0. The third-order valence-corrected chi connectivity index (χ3v) is 3.18. The van der Waals surface area contributed by atoms with E-state index in [0.29, 0.717) is 21.8 Å². The van der Waals surface area contributed by atoms with E-state index in [1.54, 1.807) is 13.0 Å². The second-order valence-corrected chi connectivity index (χ2v) is 4.64. The minimum atomic E-state index is -0.406. The van der Waals surface area contributed by atoms with Gasteiger partial charge in [-0.3, -0.25) is 4.79 Å². The number of rotatable bonds is 1. The first-order valence-corrected chi connectivity index (χ1v) is 5.84. The smallest absolute Gasteiger partial charge is 0.192 e. The van der Waals surface area contributed by atoms with Crippen LogP contribution in [0.4, 0.5) is 4.39 Å². The van der Waals surface area contributed by atoms with Gasteiger partial charge in [-0.05, 0) is 25.5 Å². The Morgan fingerprint density at radius 2 is 2.12 bits per heavy atom. The summed E-state index contributed by atoms with van der Waals surface area (Å²) in [6.45, 7) is 3.69. The van der Waals surface area contributed by atoms with Crippen LogP contribution >= 0.6 is 15.9 Å². The summed E-state index contributed by atoms with van der Waals surface area (Å²) in [5.41, 5.74) is 1.63. The molecule has 1 N–H and O–H groups in total. The Hall–Kier alpha value is -1.16. The van der Waals surface area contributed by atoms with E-state index in [2.05, 4.69) is 20.9 Å². The van der Waals surface area contributed by atoms with Gasteiger partial charge in [-0.15, -0.1) is 0 Å². The molecule has 2 aromatic rings. The molecule has 0 spiro atoms. The fourth-order valence-corrected chi connectivity index (χ4v) is 2.25. The molecule has 0 saturated heterocycles. The summed E-state index contributed by atoms with van der Waals surface area (Å²) in [7, 11) is 0. The van der Waals surface area contributed by atoms with E-state index in [1.165, 1.54) is 6.07 Å². The number of halogens is 2. The van der Waals surface area contributed by atoms with Crippen LogP contribution in [0, 0.1) is 12.7 Å². The minimum absolute atomic E-state index is 0.106. The third kappa shape index (κ3) is 1.67. The first-order chi connectivity index (χ1) is 7.54. The average molecular weight is 284 g/mol. The predicted molar refractivity (Wildman–Crippen MR) is 66.3 cm³/mol. The van der Waals surface area contributed by atoms with Crippen LogP contribution in [-0.2, 0) is 6.42 Å². The fourth-order valence-electron chi connectivity index (χ4n) is 1.82. The first kappa shape index (κ1) is 11.3. The molecule has 2 nitrogen and oxygen atoms in total. The SMILES string of the molecule is CCc1[nH]c2c(F)cc(Br)cc2c(=O)c1C.